The van der Waals surface area contributed by atoms with Crippen molar-refractivity contribution in [3.8, 4) is 44.7 Å². The first-order valence-corrected chi connectivity index (χ1v) is 21.9. The molecule has 18 heteroatoms. The lowest BCUT2D eigenvalue weighted by molar-refractivity contribution is -0.189. The third-order valence-corrected chi connectivity index (χ3v) is 13.6. The van der Waals surface area contributed by atoms with Crippen molar-refractivity contribution in [2.24, 2.45) is 0 Å². The molecule has 4 bridgehead atoms. The Morgan fingerprint density at radius 2 is 1.73 bits per heavy atom. The van der Waals surface area contributed by atoms with Crippen LogP contribution in [-0.4, -0.2) is 118 Å². The lowest BCUT2D eigenvalue weighted by atomic mass is 9.92. The maximum absolute atomic E-state index is 14.3. The van der Waals surface area contributed by atoms with E-state index in [1.54, 1.807) is 42.6 Å². The number of hydrogen-bond acceptors (Lipinski definition) is 14. The van der Waals surface area contributed by atoms with E-state index in [-0.39, 0.29) is 54.6 Å². The summed E-state index contributed by atoms with van der Waals surface area (Å²) in [5.41, 5.74) is 2.90. The summed E-state index contributed by atoms with van der Waals surface area (Å²) < 4.78 is 45.6. The van der Waals surface area contributed by atoms with Crippen LogP contribution >= 0.6 is 34.5 Å². The largest absolute Gasteiger partial charge is 0.490 e. The van der Waals surface area contributed by atoms with Crippen LogP contribution in [0.15, 0.2) is 61.1 Å². The summed E-state index contributed by atoms with van der Waals surface area (Å²) >= 11 is 15.9. The van der Waals surface area contributed by atoms with Crippen molar-refractivity contribution in [1.29, 1.82) is 0 Å². The number of carboxylic acid groups (broad SMARTS) is 1. The highest BCUT2D eigenvalue weighted by atomic mass is 35.5. The molecule has 0 aliphatic carbocycles. The second-order valence-corrected chi connectivity index (χ2v) is 17.8. The Morgan fingerprint density at radius 3 is 2.43 bits per heavy atom. The molecule has 0 saturated carbocycles. The fraction of sp³-hybridized carbons (Fsp3) is 0.356. The maximum atomic E-state index is 14.3. The molecule has 63 heavy (non-hydrogen) atoms. The summed E-state index contributed by atoms with van der Waals surface area (Å²) in [6.45, 7) is 7.93. The molecule has 6 aromatic rings. The number of aliphatic carboxylic acids is 1. The van der Waals surface area contributed by atoms with Crippen LogP contribution in [0.5, 0.6) is 23.1 Å². The first-order chi connectivity index (χ1) is 30.3. The fourth-order valence-electron chi connectivity index (χ4n) is 7.99. The Kier molecular flexibility index (Phi) is 12.1. The predicted molar refractivity (Wildman–Crippen MR) is 235 cm³/mol. The van der Waals surface area contributed by atoms with Gasteiger partial charge < -0.3 is 38.8 Å². The number of likely N-dealkylation sites (N-methyl/N-ethyl adjacent to an activating group) is 1. The molecular formula is C45H43Cl2FN6O8S. The molecule has 2 N–H and O–H groups in total. The SMILES string of the molecule is Cc1c(Cl)c2c(Cl)c(C)c1-c1c(-c3ccc(F)cc3)sc3ncnc(c13)O[C@@H](C(=O)O)Cc1cc(ccc1OCc1ccnc(C3(O)COC3)n1)OC[C@@H](CN1CCN(C)CC1)O2. The van der Waals surface area contributed by atoms with Gasteiger partial charge in [0.05, 0.1) is 34.3 Å². The zero-order chi connectivity index (χ0) is 44.0. The van der Waals surface area contributed by atoms with Crippen LogP contribution in [0.4, 0.5) is 4.39 Å². The third kappa shape index (κ3) is 8.73. The molecule has 3 aromatic heterocycles. The minimum absolute atomic E-state index is 0.0104. The second-order valence-electron chi connectivity index (χ2n) is 16.0. The molecule has 328 valence electrons. The van der Waals surface area contributed by atoms with Gasteiger partial charge in [-0.2, -0.15) is 0 Å². The Hall–Kier alpha value is -5.20. The van der Waals surface area contributed by atoms with E-state index in [1.165, 1.54) is 29.8 Å². The van der Waals surface area contributed by atoms with E-state index in [0.29, 0.717) is 78.0 Å². The van der Waals surface area contributed by atoms with Gasteiger partial charge >= 0.3 is 5.97 Å². The summed E-state index contributed by atoms with van der Waals surface area (Å²) in [7, 11) is 2.09. The number of aliphatic hydroxyl groups is 1. The van der Waals surface area contributed by atoms with E-state index in [0.717, 1.165) is 26.2 Å². The predicted octanol–water partition coefficient (Wildman–Crippen LogP) is 7.14. The van der Waals surface area contributed by atoms with Crippen molar-refractivity contribution < 1.29 is 43.1 Å². The Balaban J connectivity index is 1.18. The standard InChI is InChI=1S/C45H43Cl2FN6O8S/c1-24-34-25(2)38(47)39(37(24)46)61-31(18-54-14-12-53(3)13-15-54)20-59-30-8-9-32(60-19-29-10-11-49-44(52-29)45(57)21-58-22-45)27(16-30)17-33(43(55)56)62-41-36-35(34)40(63-42(36)51-23-50-41)26-4-6-28(48)7-5-26/h4-11,16,23,31,33,57H,12-15,17-22H2,1-3H3,(H,55,56)/t31-,33-/m1/s1. The normalized spacial score (nSPS) is 19.1. The number of hydrogen-bond donors (Lipinski definition) is 2. The van der Waals surface area contributed by atoms with Crippen LogP contribution < -0.4 is 18.9 Å². The van der Waals surface area contributed by atoms with Crippen molar-refractivity contribution in [2.75, 3.05) is 59.6 Å². The number of aromatic nitrogens is 4. The minimum atomic E-state index is -1.48. The van der Waals surface area contributed by atoms with Crippen LogP contribution in [0.2, 0.25) is 10.0 Å². The van der Waals surface area contributed by atoms with E-state index in [9.17, 15) is 19.4 Å². The van der Waals surface area contributed by atoms with Gasteiger partial charge in [0.2, 0.25) is 12.0 Å². The lowest BCUT2D eigenvalue weighted by Crippen LogP contribution is -2.49. The highest BCUT2D eigenvalue weighted by Crippen LogP contribution is 2.53. The zero-order valence-electron chi connectivity index (χ0n) is 34.6. The van der Waals surface area contributed by atoms with Crippen LogP contribution in [-0.2, 0) is 28.2 Å². The van der Waals surface area contributed by atoms with E-state index in [4.69, 9.17) is 46.9 Å². The van der Waals surface area contributed by atoms with Crippen molar-refractivity contribution >= 4 is 50.7 Å². The molecule has 4 aliphatic heterocycles. The summed E-state index contributed by atoms with van der Waals surface area (Å²) in [5.74, 6) is -0.328. The van der Waals surface area contributed by atoms with Gasteiger partial charge in [-0.05, 0) is 79.5 Å². The van der Waals surface area contributed by atoms with Crippen molar-refractivity contribution in [2.45, 2.75) is 44.7 Å². The molecule has 0 spiro atoms. The van der Waals surface area contributed by atoms with E-state index >= 15 is 0 Å². The zero-order valence-corrected chi connectivity index (χ0v) is 36.9. The molecule has 0 amide bonds. The van der Waals surface area contributed by atoms with Crippen molar-refractivity contribution in [3.63, 3.8) is 0 Å². The number of piperazine rings is 1. The van der Waals surface area contributed by atoms with Gasteiger partial charge in [-0.3, -0.25) is 4.90 Å². The van der Waals surface area contributed by atoms with Crippen LogP contribution in [0.1, 0.15) is 28.2 Å². The number of nitrogens with zero attached hydrogens (tertiary/aromatic N) is 6. The highest BCUT2D eigenvalue weighted by Gasteiger charge is 2.41. The number of fused-ring (bicyclic) bond motifs is 7. The Bertz CT molecular complexity index is 2670. The average Bonchev–Trinajstić information content (AvgIpc) is 3.65. The van der Waals surface area contributed by atoms with Gasteiger partial charge in [-0.15, -0.1) is 11.3 Å². The van der Waals surface area contributed by atoms with Gasteiger partial charge in [0.25, 0.3) is 0 Å². The van der Waals surface area contributed by atoms with Gasteiger partial charge in [-0.25, -0.2) is 29.1 Å². The number of benzene rings is 3. The number of rotatable bonds is 8. The molecule has 2 fully saturated rings. The summed E-state index contributed by atoms with van der Waals surface area (Å²) in [5, 5.41) is 22.6. The van der Waals surface area contributed by atoms with Crippen molar-refractivity contribution in [3.05, 3.63) is 105 Å². The molecule has 7 heterocycles. The van der Waals surface area contributed by atoms with Gasteiger partial charge in [0.1, 0.15) is 47.8 Å². The molecule has 2 atom stereocenters. The van der Waals surface area contributed by atoms with Gasteiger partial charge in [-0.1, -0.05) is 35.3 Å². The monoisotopic (exact) mass is 916 g/mol. The highest BCUT2D eigenvalue weighted by molar-refractivity contribution is 7.22. The molecule has 10 rings (SSSR count). The van der Waals surface area contributed by atoms with Crippen LogP contribution in [0, 0.1) is 19.7 Å². The first kappa shape index (κ1) is 43.1. The Labute approximate surface area is 376 Å². The molecule has 0 radical (unpaired) electrons. The number of halogens is 3. The maximum Gasteiger partial charge on any atom is 0.345 e. The fourth-order valence-corrected chi connectivity index (χ4v) is 9.65. The third-order valence-electron chi connectivity index (χ3n) is 11.5. The number of thiophene rings is 1. The average molecular weight is 918 g/mol. The number of carboxylic acids is 1. The van der Waals surface area contributed by atoms with E-state index in [1.807, 2.05) is 13.8 Å². The quantitative estimate of drug-likeness (QED) is 0.159. The molecule has 4 aliphatic rings. The first-order valence-electron chi connectivity index (χ1n) is 20.3. The second kappa shape index (κ2) is 17.8. The molecule has 3 aromatic carbocycles. The molecule has 2 saturated heterocycles. The molecule has 0 unspecified atom stereocenters. The summed E-state index contributed by atoms with van der Waals surface area (Å²) in [4.78, 5) is 36.9. The number of carbonyl (C=O) groups is 1. The van der Waals surface area contributed by atoms with Crippen LogP contribution in [0.25, 0.3) is 31.8 Å². The summed E-state index contributed by atoms with van der Waals surface area (Å²) in [6.07, 6.45) is 0.659. The topological polar surface area (TPSA) is 162 Å². The Morgan fingerprint density at radius 1 is 0.984 bits per heavy atom. The summed E-state index contributed by atoms with van der Waals surface area (Å²) in [6, 6.07) is 12.9. The van der Waals surface area contributed by atoms with Gasteiger partial charge in [0.15, 0.2) is 17.2 Å². The molecule has 14 nitrogen and oxygen atoms in total. The lowest BCUT2D eigenvalue weighted by Gasteiger charge is -2.35. The van der Waals surface area contributed by atoms with Crippen LogP contribution in [0.3, 0.4) is 0 Å². The minimum Gasteiger partial charge on any atom is -0.490 e. The number of ether oxygens (including phenoxy) is 5. The van der Waals surface area contributed by atoms with Gasteiger partial charge in [0, 0.05) is 61.3 Å². The van der Waals surface area contributed by atoms with E-state index < -0.39 is 29.6 Å². The molecular weight excluding hydrogens is 874 g/mol. The van der Waals surface area contributed by atoms with E-state index in [2.05, 4.69) is 36.8 Å². The smallest absolute Gasteiger partial charge is 0.345 e. The van der Waals surface area contributed by atoms with Crippen molar-refractivity contribution in [1.82, 2.24) is 29.7 Å².